The number of rotatable bonds is 0. The van der Waals surface area contributed by atoms with E-state index >= 15 is 0 Å². The van der Waals surface area contributed by atoms with Gasteiger partial charge in [0, 0.05) is 16.8 Å². The molecular formula is C10H12F3NO. The largest absolute Gasteiger partial charge is 0.507 e. The van der Waals surface area contributed by atoms with Crippen molar-refractivity contribution in [1.29, 1.82) is 0 Å². The highest BCUT2D eigenvalue weighted by atomic mass is 19.4. The highest BCUT2D eigenvalue weighted by Gasteiger charge is 2.36. The molecular weight excluding hydrogens is 207 g/mol. The lowest BCUT2D eigenvalue weighted by Gasteiger charge is -2.18. The van der Waals surface area contributed by atoms with Crippen LogP contribution in [0.25, 0.3) is 0 Å². The van der Waals surface area contributed by atoms with Gasteiger partial charge in [0.15, 0.2) is 0 Å². The smallest absolute Gasteiger partial charge is 0.417 e. The summed E-state index contributed by atoms with van der Waals surface area (Å²) in [6, 6.07) is 0. The van der Waals surface area contributed by atoms with E-state index in [1.165, 1.54) is 20.8 Å². The van der Waals surface area contributed by atoms with E-state index in [1.54, 1.807) is 0 Å². The molecule has 0 aliphatic rings. The van der Waals surface area contributed by atoms with Gasteiger partial charge in [-0.15, -0.1) is 0 Å². The number of benzene rings is 1. The van der Waals surface area contributed by atoms with Crippen LogP contribution >= 0.6 is 0 Å². The first-order valence-corrected chi connectivity index (χ1v) is 4.33. The Morgan fingerprint density at radius 1 is 1.00 bits per heavy atom. The van der Waals surface area contributed by atoms with Gasteiger partial charge in [0.1, 0.15) is 5.75 Å². The summed E-state index contributed by atoms with van der Waals surface area (Å²) in [6.45, 7) is 4.03. The van der Waals surface area contributed by atoms with Crippen LogP contribution in [-0.4, -0.2) is 5.11 Å². The van der Waals surface area contributed by atoms with Crippen LogP contribution < -0.4 is 5.73 Å². The number of anilines is 1. The maximum Gasteiger partial charge on any atom is 0.417 e. The molecule has 0 spiro atoms. The summed E-state index contributed by atoms with van der Waals surface area (Å²) in [7, 11) is 0. The zero-order valence-corrected chi connectivity index (χ0v) is 8.66. The van der Waals surface area contributed by atoms with E-state index < -0.39 is 11.7 Å². The van der Waals surface area contributed by atoms with Crippen LogP contribution in [-0.2, 0) is 6.18 Å². The number of hydrogen-bond acceptors (Lipinski definition) is 2. The Labute approximate surface area is 85.5 Å². The first-order valence-electron chi connectivity index (χ1n) is 4.33. The maximum absolute atomic E-state index is 12.6. The van der Waals surface area contributed by atoms with Crippen LogP contribution in [0.5, 0.6) is 5.75 Å². The van der Waals surface area contributed by atoms with Gasteiger partial charge < -0.3 is 10.8 Å². The molecule has 0 saturated heterocycles. The fraction of sp³-hybridized carbons (Fsp3) is 0.400. The minimum Gasteiger partial charge on any atom is -0.507 e. The van der Waals surface area contributed by atoms with E-state index in [4.69, 9.17) is 5.73 Å². The number of aromatic hydroxyl groups is 1. The summed E-state index contributed by atoms with van der Waals surface area (Å²) in [5.74, 6) is -0.384. The standard InChI is InChI=1S/C10H12F3NO/c1-4-7(10(11,12)13)5(2)9(15)6(3)8(4)14/h15H,14H2,1-3H3. The molecule has 2 nitrogen and oxygen atoms in total. The van der Waals surface area contributed by atoms with Crippen molar-refractivity contribution in [2.24, 2.45) is 0 Å². The topological polar surface area (TPSA) is 46.2 Å². The zero-order chi connectivity index (χ0) is 12.0. The van der Waals surface area contributed by atoms with Gasteiger partial charge >= 0.3 is 6.18 Å². The fourth-order valence-corrected chi connectivity index (χ4v) is 1.65. The van der Waals surface area contributed by atoms with Crippen molar-refractivity contribution in [1.82, 2.24) is 0 Å². The molecule has 1 rings (SSSR count). The predicted molar refractivity (Wildman–Crippen MR) is 51.7 cm³/mol. The Hall–Kier alpha value is -1.39. The monoisotopic (exact) mass is 219 g/mol. The molecule has 5 heteroatoms. The van der Waals surface area contributed by atoms with Crippen molar-refractivity contribution in [2.75, 3.05) is 5.73 Å². The number of phenols is 1. The van der Waals surface area contributed by atoms with Crippen molar-refractivity contribution >= 4 is 5.69 Å². The summed E-state index contributed by atoms with van der Waals surface area (Å²) in [4.78, 5) is 0. The summed E-state index contributed by atoms with van der Waals surface area (Å²) in [5.41, 5.74) is 4.72. The summed E-state index contributed by atoms with van der Waals surface area (Å²) >= 11 is 0. The van der Waals surface area contributed by atoms with Gasteiger partial charge in [-0.2, -0.15) is 13.2 Å². The van der Waals surface area contributed by atoms with Crippen LogP contribution in [0, 0.1) is 20.8 Å². The van der Waals surface area contributed by atoms with E-state index in [1.807, 2.05) is 0 Å². The number of hydrogen-bond donors (Lipinski definition) is 2. The summed E-state index contributed by atoms with van der Waals surface area (Å²) in [6.07, 6.45) is -4.49. The number of nitrogen functional groups attached to an aromatic ring is 1. The second kappa shape index (κ2) is 3.32. The zero-order valence-electron chi connectivity index (χ0n) is 8.66. The number of halogens is 3. The van der Waals surface area contributed by atoms with Crippen LogP contribution in [0.4, 0.5) is 18.9 Å². The summed E-state index contributed by atoms with van der Waals surface area (Å²) in [5, 5.41) is 9.48. The molecule has 1 aromatic rings. The van der Waals surface area contributed by atoms with Gasteiger partial charge in [-0.25, -0.2) is 0 Å². The molecule has 1 aromatic carbocycles. The molecule has 0 heterocycles. The molecule has 0 aliphatic carbocycles. The van der Waals surface area contributed by atoms with E-state index in [2.05, 4.69) is 0 Å². The van der Waals surface area contributed by atoms with E-state index in [-0.39, 0.29) is 28.1 Å². The Bertz CT molecular complexity index is 381. The van der Waals surface area contributed by atoms with Crippen molar-refractivity contribution in [3.63, 3.8) is 0 Å². The Morgan fingerprint density at radius 2 is 1.47 bits per heavy atom. The lowest BCUT2D eigenvalue weighted by molar-refractivity contribution is -0.138. The van der Waals surface area contributed by atoms with Crippen molar-refractivity contribution in [2.45, 2.75) is 26.9 Å². The highest BCUT2D eigenvalue weighted by Crippen LogP contribution is 2.42. The van der Waals surface area contributed by atoms with Gasteiger partial charge in [0.25, 0.3) is 0 Å². The van der Waals surface area contributed by atoms with Crippen LogP contribution in [0.3, 0.4) is 0 Å². The van der Waals surface area contributed by atoms with Crippen molar-refractivity contribution < 1.29 is 18.3 Å². The second-order valence-electron chi connectivity index (χ2n) is 3.51. The van der Waals surface area contributed by atoms with E-state index in [0.29, 0.717) is 0 Å². The maximum atomic E-state index is 12.6. The van der Waals surface area contributed by atoms with Crippen LogP contribution in [0.2, 0.25) is 0 Å². The average molecular weight is 219 g/mol. The predicted octanol–water partition coefficient (Wildman–Crippen LogP) is 2.92. The van der Waals surface area contributed by atoms with Crippen LogP contribution in [0.1, 0.15) is 22.3 Å². The van der Waals surface area contributed by atoms with Gasteiger partial charge in [-0.3, -0.25) is 0 Å². The molecule has 0 bridgehead atoms. The Morgan fingerprint density at radius 3 is 1.87 bits per heavy atom. The molecule has 0 saturated carbocycles. The third-order valence-corrected chi connectivity index (χ3v) is 2.55. The van der Waals surface area contributed by atoms with E-state index in [9.17, 15) is 18.3 Å². The van der Waals surface area contributed by atoms with Crippen LogP contribution in [0.15, 0.2) is 0 Å². The SMILES string of the molecule is Cc1c(N)c(C)c(C(F)(F)F)c(C)c1O. The summed E-state index contributed by atoms with van der Waals surface area (Å²) < 4.78 is 37.9. The van der Waals surface area contributed by atoms with Gasteiger partial charge in [0.2, 0.25) is 0 Å². The first-order chi connectivity index (χ1) is 6.68. The van der Waals surface area contributed by atoms with Gasteiger partial charge in [0.05, 0.1) is 5.56 Å². The molecule has 0 aliphatic heterocycles. The molecule has 0 aromatic heterocycles. The lowest BCUT2D eigenvalue weighted by Crippen LogP contribution is -2.13. The Balaban J connectivity index is 3.68. The second-order valence-corrected chi connectivity index (χ2v) is 3.51. The van der Waals surface area contributed by atoms with E-state index in [0.717, 1.165) is 0 Å². The molecule has 0 unspecified atom stereocenters. The molecule has 84 valence electrons. The molecule has 15 heavy (non-hydrogen) atoms. The minimum atomic E-state index is -4.49. The molecule has 0 fully saturated rings. The first kappa shape index (κ1) is 11.7. The quantitative estimate of drug-likeness (QED) is 0.659. The number of alkyl halides is 3. The molecule has 3 N–H and O–H groups in total. The van der Waals surface area contributed by atoms with Gasteiger partial charge in [-0.1, -0.05) is 0 Å². The van der Waals surface area contributed by atoms with Crippen molar-refractivity contribution in [3.05, 3.63) is 22.3 Å². The third-order valence-electron chi connectivity index (χ3n) is 2.55. The normalized spacial score (nSPS) is 11.9. The molecule has 0 amide bonds. The minimum absolute atomic E-state index is 0.00887. The lowest BCUT2D eigenvalue weighted by atomic mass is 9.96. The Kier molecular flexibility index (Phi) is 2.59. The van der Waals surface area contributed by atoms with Crippen molar-refractivity contribution in [3.8, 4) is 5.75 Å². The highest BCUT2D eigenvalue weighted by molar-refractivity contribution is 5.65. The third kappa shape index (κ3) is 1.73. The molecule has 0 atom stereocenters. The average Bonchev–Trinajstić information content (AvgIpc) is 2.09. The number of phenolic OH excluding ortho intramolecular Hbond substituents is 1. The molecule has 0 radical (unpaired) electrons. The van der Waals surface area contributed by atoms with Gasteiger partial charge in [-0.05, 0) is 26.3 Å². The fourth-order valence-electron chi connectivity index (χ4n) is 1.65. The number of nitrogens with two attached hydrogens (primary N) is 1.